The highest BCUT2D eigenvalue weighted by atomic mass is 32.2. The van der Waals surface area contributed by atoms with Crippen LogP contribution in [-0.2, 0) is 10.2 Å². The largest absolute Gasteiger partial charge is 0.389 e. The smallest absolute Gasteiger partial charge is 0.277 e. The second-order valence-electron chi connectivity index (χ2n) is 5.19. The van der Waals surface area contributed by atoms with Crippen LogP contribution in [0.2, 0.25) is 0 Å². The van der Waals surface area contributed by atoms with E-state index in [1.54, 1.807) is 20.8 Å². The number of nitrogens with one attached hydrogen (secondary N) is 2. The molecule has 0 fully saturated rings. The predicted octanol–water partition coefficient (Wildman–Crippen LogP) is 0.616. The molecule has 0 amide bonds. The molecule has 0 aliphatic carbocycles. The Kier molecular flexibility index (Phi) is 5.89. The van der Waals surface area contributed by atoms with E-state index in [9.17, 15) is 13.5 Å². The summed E-state index contributed by atoms with van der Waals surface area (Å²) in [5, 5.41) is 9.93. The van der Waals surface area contributed by atoms with Gasteiger partial charge in [-0.25, -0.2) is 0 Å². The van der Waals surface area contributed by atoms with Crippen LogP contribution < -0.4 is 9.44 Å². The van der Waals surface area contributed by atoms with Crippen molar-refractivity contribution in [3.05, 3.63) is 0 Å². The van der Waals surface area contributed by atoms with Crippen LogP contribution >= 0.6 is 0 Å². The van der Waals surface area contributed by atoms with E-state index in [1.807, 2.05) is 13.8 Å². The predicted molar refractivity (Wildman–Crippen MR) is 65.3 cm³/mol. The Hall–Kier alpha value is -0.170. The number of hydrogen-bond acceptors (Lipinski definition) is 3. The molecule has 0 saturated carbocycles. The van der Waals surface area contributed by atoms with Crippen LogP contribution in [-0.4, -0.2) is 31.7 Å². The molecule has 16 heavy (non-hydrogen) atoms. The van der Waals surface area contributed by atoms with Gasteiger partial charge in [-0.2, -0.15) is 17.9 Å². The highest BCUT2D eigenvalue weighted by molar-refractivity contribution is 7.87. The maximum absolute atomic E-state index is 11.4. The summed E-state index contributed by atoms with van der Waals surface area (Å²) >= 11 is 0. The molecule has 1 unspecified atom stereocenters. The molecule has 0 aromatic carbocycles. The van der Waals surface area contributed by atoms with Crippen LogP contribution in [0.25, 0.3) is 0 Å². The standard InChI is InChI=1S/C10H24N2O3S/c1-8(2)6-10(5,13)7-11-16(14,15)12-9(3)4/h8-9,11-13H,6-7H2,1-5H3. The molecule has 0 aliphatic heterocycles. The SMILES string of the molecule is CC(C)CC(C)(O)CNS(=O)(=O)NC(C)C. The van der Waals surface area contributed by atoms with Gasteiger partial charge in [0, 0.05) is 12.6 Å². The van der Waals surface area contributed by atoms with Crippen LogP contribution in [0.3, 0.4) is 0 Å². The second kappa shape index (κ2) is 5.95. The van der Waals surface area contributed by atoms with Crippen LogP contribution in [0.5, 0.6) is 0 Å². The third-order valence-corrected chi connectivity index (χ3v) is 3.19. The first kappa shape index (κ1) is 15.8. The Bertz CT molecular complexity index is 297. The highest BCUT2D eigenvalue weighted by Gasteiger charge is 2.24. The van der Waals surface area contributed by atoms with Crippen LogP contribution in [0, 0.1) is 5.92 Å². The van der Waals surface area contributed by atoms with Crippen molar-refractivity contribution in [1.82, 2.24) is 9.44 Å². The summed E-state index contributed by atoms with van der Waals surface area (Å²) in [4.78, 5) is 0. The molecule has 0 aromatic rings. The van der Waals surface area contributed by atoms with Crippen LogP contribution in [0.4, 0.5) is 0 Å². The van der Waals surface area contributed by atoms with Gasteiger partial charge in [0.25, 0.3) is 10.2 Å². The fourth-order valence-corrected chi connectivity index (χ4v) is 2.76. The van der Waals surface area contributed by atoms with Gasteiger partial charge in [-0.05, 0) is 33.1 Å². The van der Waals surface area contributed by atoms with Crippen molar-refractivity contribution in [2.75, 3.05) is 6.54 Å². The fourth-order valence-electron chi connectivity index (χ4n) is 1.55. The maximum Gasteiger partial charge on any atom is 0.277 e. The molecule has 0 bridgehead atoms. The molecular weight excluding hydrogens is 228 g/mol. The van der Waals surface area contributed by atoms with E-state index >= 15 is 0 Å². The fraction of sp³-hybridized carbons (Fsp3) is 1.00. The van der Waals surface area contributed by atoms with Crippen molar-refractivity contribution in [3.8, 4) is 0 Å². The van der Waals surface area contributed by atoms with Crippen molar-refractivity contribution < 1.29 is 13.5 Å². The Balaban J connectivity index is 4.23. The van der Waals surface area contributed by atoms with E-state index in [2.05, 4.69) is 9.44 Å². The summed E-state index contributed by atoms with van der Waals surface area (Å²) in [5.74, 6) is 0.317. The molecule has 6 heteroatoms. The van der Waals surface area contributed by atoms with Gasteiger partial charge >= 0.3 is 0 Å². The summed E-state index contributed by atoms with van der Waals surface area (Å²) in [6, 6.07) is -0.160. The van der Waals surface area contributed by atoms with Crippen LogP contribution in [0.15, 0.2) is 0 Å². The van der Waals surface area contributed by atoms with Crippen molar-refractivity contribution in [2.45, 2.75) is 52.7 Å². The summed E-state index contributed by atoms with van der Waals surface area (Å²) in [6.45, 7) is 9.10. The monoisotopic (exact) mass is 252 g/mol. The van der Waals surface area contributed by atoms with Crippen molar-refractivity contribution >= 4 is 10.2 Å². The molecule has 0 rings (SSSR count). The van der Waals surface area contributed by atoms with E-state index in [0.717, 1.165) is 0 Å². The molecule has 0 aliphatic rings. The zero-order valence-electron chi connectivity index (χ0n) is 10.7. The Morgan fingerprint density at radius 3 is 2.12 bits per heavy atom. The van der Waals surface area contributed by atoms with Gasteiger partial charge in [-0.15, -0.1) is 0 Å². The van der Waals surface area contributed by atoms with Gasteiger partial charge in [0.1, 0.15) is 0 Å². The van der Waals surface area contributed by atoms with E-state index < -0.39 is 15.8 Å². The van der Waals surface area contributed by atoms with E-state index in [-0.39, 0.29) is 12.6 Å². The topological polar surface area (TPSA) is 78.4 Å². The lowest BCUT2D eigenvalue weighted by molar-refractivity contribution is 0.0436. The van der Waals surface area contributed by atoms with Gasteiger partial charge in [-0.1, -0.05) is 13.8 Å². The van der Waals surface area contributed by atoms with Gasteiger partial charge < -0.3 is 5.11 Å². The van der Waals surface area contributed by atoms with Gasteiger partial charge in [0.15, 0.2) is 0 Å². The zero-order valence-corrected chi connectivity index (χ0v) is 11.6. The summed E-state index contributed by atoms with van der Waals surface area (Å²) < 4.78 is 27.6. The van der Waals surface area contributed by atoms with E-state index in [1.165, 1.54) is 0 Å². The minimum atomic E-state index is -3.51. The minimum Gasteiger partial charge on any atom is -0.389 e. The first-order chi connectivity index (χ1) is 7.04. The van der Waals surface area contributed by atoms with Crippen molar-refractivity contribution in [1.29, 1.82) is 0 Å². The lowest BCUT2D eigenvalue weighted by Gasteiger charge is -2.25. The highest BCUT2D eigenvalue weighted by Crippen LogP contribution is 2.15. The minimum absolute atomic E-state index is 0.0211. The normalized spacial score (nSPS) is 16.8. The Morgan fingerprint density at radius 1 is 1.25 bits per heavy atom. The molecule has 0 spiro atoms. The number of rotatable bonds is 7. The summed E-state index contributed by atoms with van der Waals surface area (Å²) in [6.07, 6.45) is 0.553. The molecular formula is C10H24N2O3S. The van der Waals surface area contributed by atoms with Gasteiger partial charge in [0.2, 0.25) is 0 Å². The number of aliphatic hydroxyl groups is 1. The van der Waals surface area contributed by atoms with Crippen molar-refractivity contribution in [3.63, 3.8) is 0 Å². The van der Waals surface area contributed by atoms with Crippen LogP contribution in [0.1, 0.15) is 41.0 Å². The molecule has 0 heterocycles. The molecule has 0 aromatic heterocycles. The first-order valence-electron chi connectivity index (χ1n) is 5.53. The average Bonchev–Trinajstić information content (AvgIpc) is 1.96. The second-order valence-corrected chi connectivity index (χ2v) is 6.72. The molecule has 1 atom stereocenters. The molecule has 3 N–H and O–H groups in total. The molecule has 98 valence electrons. The number of hydrogen-bond donors (Lipinski definition) is 3. The Morgan fingerprint density at radius 2 is 1.75 bits per heavy atom. The average molecular weight is 252 g/mol. The zero-order chi connectivity index (χ0) is 13.0. The van der Waals surface area contributed by atoms with E-state index in [0.29, 0.717) is 12.3 Å². The quantitative estimate of drug-likeness (QED) is 0.621. The third-order valence-electron chi connectivity index (χ3n) is 1.88. The van der Waals surface area contributed by atoms with Gasteiger partial charge in [0.05, 0.1) is 5.60 Å². The Labute approximate surface area is 98.8 Å². The lowest BCUT2D eigenvalue weighted by Crippen LogP contribution is -2.47. The molecule has 0 radical (unpaired) electrons. The summed E-state index contributed by atoms with van der Waals surface area (Å²) in [5.41, 5.74) is -1.01. The molecule has 0 saturated heterocycles. The summed E-state index contributed by atoms with van der Waals surface area (Å²) in [7, 11) is -3.51. The maximum atomic E-state index is 11.4. The lowest BCUT2D eigenvalue weighted by atomic mass is 9.95. The van der Waals surface area contributed by atoms with Crippen molar-refractivity contribution in [2.24, 2.45) is 5.92 Å². The van der Waals surface area contributed by atoms with Gasteiger partial charge in [-0.3, -0.25) is 0 Å². The molecule has 5 nitrogen and oxygen atoms in total. The first-order valence-corrected chi connectivity index (χ1v) is 7.02. The third kappa shape index (κ3) is 8.04. The van der Waals surface area contributed by atoms with E-state index in [4.69, 9.17) is 0 Å².